The number of benzene rings is 1. The van der Waals surface area contributed by atoms with Crippen molar-refractivity contribution >= 4 is 32.3 Å². The molecule has 2 aromatic rings. The zero-order valence-corrected chi connectivity index (χ0v) is 12.6. The van der Waals surface area contributed by atoms with Gasteiger partial charge in [0.25, 0.3) is 10.0 Å². The number of ketones is 1. The quantitative estimate of drug-likeness (QED) is 0.854. The van der Waals surface area contributed by atoms with Crippen molar-refractivity contribution in [3.63, 3.8) is 0 Å². The number of hydrogen-bond donors (Lipinski definition) is 1. The van der Waals surface area contributed by atoms with Gasteiger partial charge >= 0.3 is 0 Å². The van der Waals surface area contributed by atoms with Gasteiger partial charge < -0.3 is 0 Å². The molecule has 0 aliphatic carbocycles. The van der Waals surface area contributed by atoms with Gasteiger partial charge in [-0.1, -0.05) is 30.4 Å². The highest BCUT2D eigenvalue weighted by Crippen LogP contribution is 2.20. The fourth-order valence-electron chi connectivity index (χ4n) is 1.49. The lowest BCUT2D eigenvalue weighted by Crippen LogP contribution is -2.13. The fourth-order valence-corrected chi connectivity index (χ4v) is 3.45. The molecule has 0 amide bonds. The first-order chi connectivity index (χ1) is 9.42. The van der Waals surface area contributed by atoms with Crippen LogP contribution >= 0.6 is 11.3 Å². The third-order valence-electron chi connectivity index (χ3n) is 2.54. The lowest BCUT2D eigenvalue weighted by molar-refractivity contribution is 0.101. The maximum atomic E-state index is 12.2. The van der Waals surface area contributed by atoms with Gasteiger partial charge in [-0.3, -0.25) is 9.52 Å². The molecule has 0 saturated carbocycles. The predicted molar refractivity (Wildman–Crippen MR) is 76.5 cm³/mol. The maximum Gasteiger partial charge on any atom is 0.263 e. The summed E-state index contributed by atoms with van der Waals surface area (Å²) in [5, 5.41) is 8.58. The van der Waals surface area contributed by atoms with Crippen LogP contribution in [0.2, 0.25) is 0 Å². The summed E-state index contributed by atoms with van der Waals surface area (Å²) in [6.07, 6.45) is 0.694. The molecular formula is C12H13N3O3S2. The number of nitrogens with one attached hydrogen (secondary N) is 1. The van der Waals surface area contributed by atoms with Gasteiger partial charge in [-0.15, -0.1) is 10.2 Å². The molecule has 0 aliphatic rings. The second kappa shape index (κ2) is 5.68. The average molecular weight is 311 g/mol. The van der Waals surface area contributed by atoms with E-state index in [0.29, 0.717) is 12.0 Å². The van der Waals surface area contributed by atoms with Crippen molar-refractivity contribution in [2.75, 3.05) is 4.72 Å². The molecule has 0 aliphatic heterocycles. The Morgan fingerprint density at radius 2 is 2.10 bits per heavy atom. The lowest BCUT2D eigenvalue weighted by atomic mass is 10.2. The Bertz CT molecular complexity index is 738. The van der Waals surface area contributed by atoms with Gasteiger partial charge in [0.2, 0.25) is 5.13 Å². The number of nitrogens with zero attached hydrogens (tertiary/aromatic N) is 2. The van der Waals surface area contributed by atoms with Crippen LogP contribution in [0.1, 0.15) is 29.2 Å². The summed E-state index contributed by atoms with van der Waals surface area (Å²) in [7, 11) is -3.76. The SMILES string of the molecule is CCc1nnc(NS(=O)(=O)c2cccc(C(C)=O)c2)s1. The Labute approximate surface area is 120 Å². The van der Waals surface area contributed by atoms with Gasteiger partial charge in [-0.25, -0.2) is 8.42 Å². The second-order valence-electron chi connectivity index (χ2n) is 4.04. The largest absolute Gasteiger partial charge is 0.295 e. The van der Waals surface area contributed by atoms with E-state index in [1.165, 1.54) is 36.5 Å². The van der Waals surface area contributed by atoms with E-state index in [-0.39, 0.29) is 15.8 Å². The molecule has 1 N–H and O–H groups in total. The number of aromatic nitrogens is 2. The second-order valence-corrected chi connectivity index (χ2v) is 6.79. The molecule has 1 aromatic heterocycles. The number of aryl methyl sites for hydroxylation is 1. The van der Waals surface area contributed by atoms with Crippen molar-refractivity contribution in [3.8, 4) is 0 Å². The first-order valence-electron chi connectivity index (χ1n) is 5.88. The first-order valence-corrected chi connectivity index (χ1v) is 8.18. The highest BCUT2D eigenvalue weighted by Gasteiger charge is 2.17. The van der Waals surface area contributed by atoms with Crippen LogP contribution in [0, 0.1) is 0 Å². The van der Waals surface area contributed by atoms with Crippen molar-refractivity contribution in [2.24, 2.45) is 0 Å². The summed E-state index contributed by atoms with van der Waals surface area (Å²) in [6.45, 7) is 3.30. The summed E-state index contributed by atoms with van der Waals surface area (Å²) in [5.74, 6) is -0.189. The molecule has 0 atom stereocenters. The molecule has 0 saturated heterocycles. The Hall–Kier alpha value is -1.80. The molecule has 8 heteroatoms. The molecule has 106 valence electrons. The zero-order chi connectivity index (χ0) is 14.8. The van der Waals surface area contributed by atoms with Crippen LogP contribution in [0.4, 0.5) is 5.13 Å². The Morgan fingerprint density at radius 1 is 1.35 bits per heavy atom. The van der Waals surface area contributed by atoms with Crippen molar-refractivity contribution < 1.29 is 13.2 Å². The van der Waals surface area contributed by atoms with Crippen molar-refractivity contribution in [3.05, 3.63) is 34.8 Å². The van der Waals surface area contributed by atoms with Crippen molar-refractivity contribution in [1.82, 2.24) is 10.2 Å². The first kappa shape index (κ1) is 14.6. The molecule has 0 bridgehead atoms. The Morgan fingerprint density at radius 3 is 2.70 bits per heavy atom. The topological polar surface area (TPSA) is 89.0 Å². The van der Waals surface area contributed by atoms with Crippen molar-refractivity contribution in [1.29, 1.82) is 0 Å². The normalized spacial score (nSPS) is 11.3. The number of rotatable bonds is 5. The van der Waals surface area contributed by atoms with Gasteiger partial charge in [0.05, 0.1) is 4.90 Å². The summed E-state index contributed by atoms with van der Waals surface area (Å²) in [5.41, 5.74) is 0.347. The van der Waals surface area contributed by atoms with E-state index in [1.54, 1.807) is 6.07 Å². The van der Waals surface area contributed by atoms with E-state index in [9.17, 15) is 13.2 Å². The molecule has 6 nitrogen and oxygen atoms in total. The minimum atomic E-state index is -3.76. The minimum absolute atomic E-state index is 0.0263. The van der Waals surface area contributed by atoms with Gasteiger partial charge in [-0.05, 0) is 25.5 Å². The fraction of sp³-hybridized carbons (Fsp3) is 0.250. The summed E-state index contributed by atoms with van der Waals surface area (Å²) in [4.78, 5) is 11.3. The molecule has 1 aromatic carbocycles. The molecular weight excluding hydrogens is 298 g/mol. The van der Waals surface area contributed by atoms with E-state index in [1.807, 2.05) is 6.92 Å². The Balaban J connectivity index is 2.30. The predicted octanol–water partition coefficient (Wildman–Crippen LogP) is 2.10. The van der Waals surface area contributed by atoms with Gasteiger partial charge in [0.1, 0.15) is 5.01 Å². The van der Waals surface area contributed by atoms with Crippen LogP contribution in [-0.4, -0.2) is 24.4 Å². The van der Waals surface area contributed by atoms with Crippen LogP contribution in [0.3, 0.4) is 0 Å². The highest BCUT2D eigenvalue weighted by molar-refractivity contribution is 7.93. The Kier molecular flexibility index (Phi) is 4.15. The van der Waals surface area contributed by atoms with Crippen molar-refractivity contribution in [2.45, 2.75) is 25.2 Å². The minimum Gasteiger partial charge on any atom is -0.295 e. The van der Waals surface area contributed by atoms with E-state index in [2.05, 4.69) is 14.9 Å². The number of anilines is 1. The highest BCUT2D eigenvalue weighted by atomic mass is 32.2. The number of carbonyl (C=O) groups is 1. The summed E-state index contributed by atoms with van der Waals surface area (Å²) in [6, 6.07) is 5.87. The van der Waals surface area contributed by atoms with E-state index < -0.39 is 10.0 Å². The van der Waals surface area contributed by atoms with Gasteiger partial charge in [0, 0.05) is 5.56 Å². The summed E-state index contributed by atoms with van der Waals surface area (Å²) < 4.78 is 26.7. The molecule has 0 unspecified atom stereocenters. The van der Waals surface area contributed by atoms with Crippen LogP contribution < -0.4 is 4.72 Å². The average Bonchev–Trinajstić information content (AvgIpc) is 2.86. The van der Waals surface area contributed by atoms with Crippen LogP contribution in [0.5, 0.6) is 0 Å². The van der Waals surface area contributed by atoms with Crippen LogP contribution in [-0.2, 0) is 16.4 Å². The number of hydrogen-bond acceptors (Lipinski definition) is 6. The molecule has 20 heavy (non-hydrogen) atoms. The molecule has 2 rings (SSSR count). The van der Waals surface area contributed by atoms with E-state index in [4.69, 9.17) is 0 Å². The van der Waals surface area contributed by atoms with Gasteiger partial charge in [0.15, 0.2) is 5.78 Å². The van der Waals surface area contributed by atoms with Gasteiger partial charge in [-0.2, -0.15) is 0 Å². The monoisotopic (exact) mass is 311 g/mol. The standard InChI is InChI=1S/C12H13N3O3S2/c1-3-11-13-14-12(19-11)15-20(17,18)10-6-4-5-9(7-10)8(2)16/h4-7H,3H2,1-2H3,(H,14,15). The lowest BCUT2D eigenvalue weighted by Gasteiger charge is -2.05. The van der Waals surface area contributed by atoms with Crippen LogP contribution in [0.25, 0.3) is 0 Å². The molecule has 0 radical (unpaired) electrons. The number of Topliss-reactive ketones (excluding diaryl/α,β-unsaturated/α-hetero) is 1. The maximum absolute atomic E-state index is 12.2. The molecule has 0 fully saturated rings. The zero-order valence-electron chi connectivity index (χ0n) is 11.0. The summed E-state index contributed by atoms with van der Waals surface area (Å²) >= 11 is 1.19. The third kappa shape index (κ3) is 3.20. The third-order valence-corrected chi connectivity index (χ3v) is 4.99. The van der Waals surface area contributed by atoms with E-state index >= 15 is 0 Å². The number of sulfonamides is 1. The van der Waals surface area contributed by atoms with E-state index in [0.717, 1.165) is 5.01 Å². The number of carbonyl (C=O) groups excluding carboxylic acids is 1. The molecule has 1 heterocycles. The smallest absolute Gasteiger partial charge is 0.263 e. The molecule has 0 spiro atoms. The van der Waals surface area contributed by atoms with Crippen LogP contribution in [0.15, 0.2) is 29.2 Å².